The number of carbonyl (C=O) groups is 1. The Morgan fingerprint density at radius 1 is 1.00 bits per heavy atom. The van der Waals surface area contributed by atoms with Gasteiger partial charge in [0.1, 0.15) is 10.8 Å². The van der Waals surface area contributed by atoms with Crippen LogP contribution in [0.5, 0.6) is 5.75 Å². The molecule has 0 fully saturated rings. The molecule has 0 radical (unpaired) electrons. The minimum Gasteiger partial charge on any atom is -0.497 e. The van der Waals surface area contributed by atoms with E-state index < -0.39 is 0 Å². The van der Waals surface area contributed by atoms with Gasteiger partial charge >= 0.3 is 6.03 Å². The first-order valence-corrected chi connectivity index (χ1v) is 9.45. The largest absolute Gasteiger partial charge is 0.497 e. The predicted molar refractivity (Wildman–Crippen MR) is 110 cm³/mol. The predicted octanol–water partition coefficient (Wildman–Crippen LogP) is 4.91. The number of amides is 2. The molecule has 0 aliphatic heterocycles. The van der Waals surface area contributed by atoms with Crippen molar-refractivity contribution in [2.75, 3.05) is 23.5 Å². The van der Waals surface area contributed by atoms with Crippen LogP contribution >= 0.6 is 11.8 Å². The number of nitrogens with one attached hydrogen (secondary N) is 2. The molecule has 0 bridgehead atoms. The van der Waals surface area contributed by atoms with Crippen LogP contribution < -0.4 is 15.4 Å². The Labute approximate surface area is 162 Å². The highest BCUT2D eigenvalue weighted by Gasteiger charge is 2.06. The summed E-state index contributed by atoms with van der Waals surface area (Å²) in [5, 5.41) is 15.0. The number of carbonyl (C=O) groups excluding carboxylic acids is 1. The molecular formula is C20H20N4O2S. The van der Waals surface area contributed by atoms with Crippen molar-refractivity contribution in [3.05, 3.63) is 60.7 Å². The van der Waals surface area contributed by atoms with Crippen molar-refractivity contribution < 1.29 is 9.53 Å². The van der Waals surface area contributed by atoms with E-state index in [0.29, 0.717) is 17.1 Å². The lowest BCUT2D eigenvalue weighted by Crippen LogP contribution is -2.19. The zero-order chi connectivity index (χ0) is 19.1. The van der Waals surface area contributed by atoms with Crippen LogP contribution in [0.15, 0.2) is 65.7 Å². The molecule has 2 N–H and O–H groups in total. The van der Waals surface area contributed by atoms with E-state index in [1.54, 1.807) is 31.0 Å². The molecule has 7 heteroatoms. The third kappa shape index (κ3) is 5.21. The summed E-state index contributed by atoms with van der Waals surface area (Å²) in [5.41, 5.74) is 2.96. The van der Waals surface area contributed by atoms with E-state index in [2.05, 4.69) is 27.8 Å². The van der Waals surface area contributed by atoms with Crippen LogP contribution in [-0.4, -0.2) is 29.1 Å². The van der Waals surface area contributed by atoms with Crippen LogP contribution in [0.2, 0.25) is 0 Å². The molecule has 1 aromatic heterocycles. The number of rotatable bonds is 6. The average molecular weight is 380 g/mol. The number of anilines is 2. The van der Waals surface area contributed by atoms with E-state index in [1.807, 2.05) is 48.5 Å². The van der Waals surface area contributed by atoms with Gasteiger partial charge in [-0.05, 0) is 42.2 Å². The molecule has 27 heavy (non-hydrogen) atoms. The SMILES string of the molecule is CCSc1ccc(-c2cccc(NC(=O)Nc3cccc(OC)c3)c2)nn1. The third-order valence-corrected chi connectivity index (χ3v) is 4.48. The number of aromatic nitrogens is 2. The van der Waals surface area contributed by atoms with Gasteiger partial charge < -0.3 is 15.4 Å². The Hall–Kier alpha value is -3.06. The van der Waals surface area contributed by atoms with Crippen LogP contribution in [0.4, 0.5) is 16.2 Å². The van der Waals surface area contributed by atoms with Gasteiger partial charge in [0, 0.05) is 23.0 Å². The van der Waals surface area contributed by atoms with Crippen molar-refractivity contribution in [1.82, 2.24) is 10.2 Å². The molecule has 2 aromatic carbocycles. The van der Waals surface area contributed by atoms with E-state index in [9.17, 15) is 4.79 Å². The van der Waals surface area contributed by atoms with Gasteiger partial charge in [0.15, 0.2) is 0 Å². The van der Waals surface area contributed by atoms with E-state index in [0.717, 1.165) is 22.0 Å². The minimum atomic E-state index is -0.332. The normalized spacial score (nSPS) is 10.3. The van der Waals surface area contributed by atoms with Crippen molar-refractivity contribution in [2.45, 2.75) is 11.9 Å². The standard InChI is InChI=1S/C20H20N4O2S/c1-3-27-19-11-10-18(23-24-19)14-6-4-7-15(12-14)21-20(25)22-16-8-5-9-17(13-16)26-2/h4-13H,3H2,1-2H3,(H2,21,22,25). The summed E-state index contributed by atoms with van der Waals surface area (Å²) in [6, 6.07) is 18.2. The summed E-state index contributed by atoms with van der Waals surface area (Å²) >= 11 is 1.65. The topological polar surface area (TPSA) is 76.1 Å². The van der Waals surface area contributed by atoms with Gasteiger partial charge in [-0.15, -0.1) is 22.0 Å². The van der Waals surface area contributed by atoms with Crippen LogP contribution in [0, 0.1) is 0 Å². The van der Waals surface area contributed by atoms with E-state index in [4.69, 9.17) is 4.74 Å². The molecule has 0 saturated heterocycles. The van der Waals surface area contributed by atoms with Crippen molar-refractivity contribution in [2.24, 2.45) is 0 Å². The zero-order valence-corrected chi connectivity index (χ0v) is 15.9. The second-order valence-corrected chi connectivity index (χ2v) is 6.87. The Morgan fingerprint density at radius 2 is 1.74 bits per heavy atom. The summed E-state index contributed by atoms with van der Waals surface area (Å²) in [5.74, 6) is 1.63. The van der Waals surface area contributed by atoms with Gasteiger partial charge in [-0.25, -0.2) is 4.79 Å². The van der Waals surface area contributed by atoms with E-state index in [-0.39, 0.29) is 6.03 Å². The zero-order valence-electron chi connectivity index (χ0n) is 15.1. The van der Waals surface area contributed by atoms with Crippen molar-refractivity contribution in [1.29, 1.82) is 0 Å². The van der Waals surface area contributed by atoms with Gasteiger partial charge in [-0.3, -0.25) is 0 Å². The van der Waals surface area contributed by atoms with Crippen LogP contribution in [0.25, 0.3) is 11.3 Å². The maximum atomic E-state index is 12.3. The number of ether oxygens (including phenoxy) is 1. The summed E-state index contributed by atoms with van der Waals surface area (Å²) in [6.07, 6.45) is 0. The number of nitrogens with zero attached hydrogens (tertiary/aromatic N) is 2. The van der Waals surface area contributed by atoms with Gasteiger partial charge in [-0.1, -0.05) is 25.1 Å². The van der Waals surface area contributed by atoms with Crippen molar-refractivity contribution in [3.63, 3.8) is 0 Å². The molecule has 3 rings (SSSR count). The fraction of sp³-hybridized carbons (Fsp3) is 0.150. The fourth-order valence-corrected chi connectivity index (χ4v) is 3.01. The molecule has 1 heterocycles. The monoisotopic (exact) mass is 380 g/mol. The third-order valence-electron chi connectivity index (χ3n) is 3.68. The lowest BCUT2D eigenvalue weighted by molar-refractivity contribution is 0.262. The summed E-state index contributed by atoms with van der Waals surface area (Å²) < 4.78 is 5.16. The molecule has 0 spiro atoms. The molecule has 6 nitrogen and oxygen atoms in total. The average Bonchev–Trinajstić information content (AvgIpc) is 2.69. The summed E-state index contributed by atoms with van der Waals surface area (Å²) in [7, 11) is 1.58. The number of thioether (sulfide) groups is 1. The lowest BCUT2D eigenvalue weighted by atomic mass is 10.1. The quantitative estimate of drug-likeness (QED) is 0.594. The maximum absolute atomic E-state index is 12.3. The smallest absolute Gasteiger partial charge is 0.323 e. The highest BCUT2D eigenvalue weighted by atomic mass is 32.2. The van der Waals surface area contributed by atoms with Crippen LogP contribution in [-0.2, 0) is 0 Å². The number of hydrogen-bond donors (Lipinski definition) is 2. The first-order chi connectivity index (χ1) is 13.2. The first-order valence-electron chi connectivity index (χ1n) is 8.47. The number of benzene rings is 2. The summed E-state index contributed by atoms with van der Waals surface area (Å²) in [4.78, 5) is 12.3. The maximum Gasteiger partial charge on any atom is 0.323 e. The van der Waals surface area contributed by atoms with Crippen LogP contribution in [0.1, 0.15) is 6.92 Å². The van der Waals surface area contributed by atoms with Gasteiger partial charge in [0.2, 0.25) is 0 Å². The molecule has 2 amide bonds. The Balaban J connectivity index is 1.68. The molecular weight excluding hydrogens is 360 g/mol. The highest BCUT2D eigenvalue weighted by Crippen LogP contribution is 2.23. The molecule has 0 saturated carbocycles. The van der Waals surface area contributed by atoms with E-state index >= 15 is 0 Å². The molecule has 0 atom stereocenters. The number of methoxy groups -OCH3 is 1. The van der Waals surface area contributed by atoms with Gasteiger partial charge in [-0.2, -0.15) is 0 Å². The van der Waals surface area contributed by atoms with Gasteiger partial charge in [0.05, 0.1) is 12.8 Å². The highest BCUT2D eigenvalue weighted by molar-refractivity contribution is 7.99. The van der Waals surface area contributed by atoms with Crippen LogP contribution in [0.3, 0.4) is 0 Å². The lowest BCUT2D eigenvalue weighted by Gasteiger charge is -2.10. The molecule has 0 aliphatic rings. The number of urea groups is 1. The first kappa shape index (κ1) is 18.7. The second-order valence-electron chi connectivity index (χ2n) is 5.58. The van der Waals surface area contributed by atoms with E-state index in [1.165, 1.54) is 0 Å². The Kier molecular flexibility index (Phi) is 6.27. The summed E-state index contributed by atoms with van der Waals surface area (Å²) in [6.45, 7) is 2.08. The molecule has 0 aliphatic carbocycles. The Bertz CT molecular complexity index is 916. The molecule has 3 aromatic rings. The molecule has 0 unspecified atom stereocenters. The van der Waals surface area contributed by atoms with Crippen molar-refractivity contribution >= 4 is 29.2 Å². The number of hydrogen-bond acceptors (Lipinski definition) is 5. The minimum absolute atomic E-state index is 0.332. The molecule has 138 valence electrons. The van der Waals surface area contributed by atoms with Gasteiger partial charge in [0.25, 0.3) is 0 Å². The fourth-order valence-electron chi connectivity index (χ4n) is 2.45. The Morgan fingerprint density at radius 3 is 2.41 bits per heavy atom. The van der Waals surface area contributed by atoms with Crippen molar-refractivity contribution in [3.8, 4) is 17.0 Å². The second kappa shape index (κ2) is 9.05.